The number of hydrogen-bond donors (Lipinski definition) is 0. The van der Waals surface area contributed by atoms with Crippen molar-refractivity contribution in [3.63, 3.8) is 0 Å². The molecule has 0 saturated heterocycles. The molecule has 0 N–H and O–H groups in total. The van der Waals surface area contributed by atoms with E-state index in [-0.39, 0.29) is 6.61 Å². The zero-order valence-corrected chi connectivity index (χ0v) is 10.6. The van der Waals surface area contributed by atoms with E-state index in [1.807, 2.05) is 0 Å². The van der Waals surface area contributed by atoms with Gasteiger partial charge in [-0.25, -0.2) is 4.39 Å². The van der Waals surface area contributed by atoms with Gasteiger partial charge in [0.25, 0.3) is 0 Å². The molecular weight excluding hydrogens is 264 g/mol. The van der Waals surface area contributed by atoms with Crippen molar-refractivity contribution < 1.29 is 27.1 Å². The normalized spacial score (nSPS) is 13.4. The minimum absolute atomic E-state index is 0.285. The quantitative estimate of drug-likeness (QED) is 0.606. The summed E-state index contributed by atoms with van der Waals surface area (Å²) in [5, 5.41) is 0. The zero-order valence-electron chi connectivity index (χ0n) is 10.6. The maximum Gasteiger partial charge on any atom is 0.419 e. The van der Waals surface area contributed by atoms with Crippen LogP contribution in [0.15, 0.2) is 18.2 Å². The Balaban J connectivity index is 3.05. The van der Waals surface area contributed by atoms with Crippen molar-refractivity contribution in [3.8, 4) is 0 Å². The Bertz CT molecular complexity index is 454. The fourth-order valence-corrected chi connectivity index (χ4v) is 1.63. The zero-order chi connectivity index (χ0) is 14.6. The van der Waals surface area contributed by atoms with Gasteiger partial charge >= 0.3 is 6.18 Å². The average Bonchev–Trinajstić information content (AvgIpc) is 2.34. The molecule has 0 aliphatic rings. The molecule has 1 aromatic rings. The summed E-state index contributed by atoms with van der Waals surface area (Å²) in [5.41, 5.74) is -1.95. The minimum Gasteiger partial charge on any atom is -0.385 e. The molecule has 106 valence electrons. The van der Waals surface area contributed by atoms with E-state index in [2.05, 4.69) is 0 Å². The molecule has 0 saturated carbocycles. The van der Waals surface area contributed by atoms with Gasteiger partial charge in [-0.15, -0.1) is 0 Å². The lowest BCUT2D eigenvalue weighted by Gasteiger charge is -2.13. The van der Waals surface area contributed by atoms with Gasteiger partial charge in [-0.1, -0.05) is 13.0 Å². The molecule has 1 rings (SSSR count). The van der Waals surface area contributed by atoms with Crippen LogP contribution in [0.2, 0.25) is 0 Å². The van der Waals surface area contributed by atoms with Crippen molar-refractivity contribution in [1.82, 2.24) is 0 Å². The Kier molecular flexibility index (Phi) is 5.05. The topological polar surface area (TPSA) is 26.3 Å². The molecule has 0 aliphatic carbocycles. The van der Waals surface area contributed by atoms with E-state index in [9.17, 15) is 22.4 Å². The Morgan fingerprint density at radius 1 is 1.37 bits per heavy atom. The van der Waals surface area contributed by atoms with Crippen LogP contribution >= 0.6 is 0 Å². The molecule has 6 heteroatoms. The Morgan fingerprint density at radius 3 is 2.53 bits per heavy atom. The summed E-state index contributed by atoms with van der Waals surface area (Å²) in [6.07, 6.45) is -4.48. The summed E-state index contributed by atoms with van der Waals surface area (Å²) < 4.78 is 56.1. The molecule has 0 heterocycles. The molecule has 0 spiro atoms. The molecule has 1 unspecified atom stereocenters. The second-order valence-electron chi connectivity index (χ2n) is 4.21. The van der Waals surface area contributed by atoms with E-state index in [1.54, 1.807) is 0 Å². The Morgan fingerprint density at radius 2 is 2.00 bits per heavy atom. The average molecular weight is 278 g/mol. The lowest BCUT2D eigenvalue weighted by Crippen LogP contribution is -2.18. The first-order valence-electron chi connectivity index (χ1n) is 5.68. The molecule has 0 fully saturated rings. The highest BCUT2D eigenvalue weighted by molar-refractivity contribution is 5.98. The molecule has 2 nitrogen and oxygen atoms in total. The monoisotopic (exact) mass is 278 g/mol. The van der Waals surface area contributed by atoms with Gasteiger partial charge in [0.2, 0.25) is 0 Å². The number of rotatable bonds is 5. The van der Waals surface area contributed by atoms with Gasteiger partial charge in [0.15, 0.2) is 5.78 Å². The molecule has 0 bridgehead atoms. The molecule has 19 heavy (non-hydrogen) atoms. The van der Waals surface area contributed by atoms with Crippen molar-refractivity contribution in [1.29, 1.82) is 0 Å². The van der Waals surface area contributed by atoms with E-state index in [1.165, 1.54) is 14.0 Å². The van der Waals surface area contributed by atoms with Gasteiger partial charge in [0.05, 0.1) is 11.1 Å². The van der Waals surface area contributed by atoms with E-state index < -0.39 is 34.8 Å². The number of benzene rings is 1. The highest BCUT2D eigenvalue weighted by Crippen LogP contribution is 2.33. The molecule has 0 amide bonds. The number of ether oxygens (including phenoxy) is 1. The smallest absolute Gasteiger partial charge is 0.385 e. The largest absolute Gasteiger partial charge is 0.419 e. The third kappa shape index (κ3) is 3.76. The number of alkyl halides is 3. The first-order valence-corrected chi connectivity index (χ1v) is 5.68. The fraction of sp³-hybridized carbons (Fsp3) is 0.462. The van der Waals surface area contributed by atoms with Gasteiger partial charge < -0.3 is 4.74 Å². The van der Waals surface area contributed by atoms with Crippen molar-refractivity contribution in [3.05, 3.63) is 35.1 Å². The number of carbonyl (C=O) groups excluding carboxylic acids is 1. The van der Waals surface area contributed by atoms with Crippen molar-refractivity contribution >= 4 is 5.78 Å². The van der Waals surface area contributed by atoms with Crippen LogP contribution in [0.1, 0.15) is 29.3 Å². The number of ketones is 1. The molecule has 0 aromatic heterocycles. The van der Waals surface area contributed by atoms with Crippen LogP contribution in [-0.2, 0) is 10.9 Å². The third-order valence-corrected chi connectivity index (χ3v) is 2.77. The summed E-state index contributed by atoms with van der Waals surface area (Å²) in [6.45, 7) is 1.81. The van der Waals surface area contributed by atoms with Crippen LogP contribution in [0, 0.1) is 11.7 Å². The maximum absolute atomic E-state index is 13.7. The van der Waals surface area contributed by atoms with Gasteiger partial charge in [-0.3, -0.25) is 4.79 Å². The number of Topliss-reactive ketones (excluding diaryl/α,β-unsaturated/α-hetero) is 1. The summed E-state index contributed by atoms with van der Waals surface area (Å²) in [5.74, 6) is -2.76. The van der Waals surface area contributed by atoms with Crippen molar-refractivity contribution in [2.24, 2.45) is 5.92 Å². The van der Waals surface area contributed by atoms with Gasteiger partial charge in [-0.2, -0.15) is 13.2 Å². The predicted octanol–water partition coefficient (Wildman–Crippen LogP) is 3.70. The van der Waals surface area contributed by atoms with E-state index in [4.69, 9.17) is 4.74 Å². The van der Waals surface area contributed by atoms with E-state index in [0.29, 0.717) is 12.5 Å². The summed E-state index contributed by atoms with van der Waals surface area (Å²) in [4.78, 5) is 11.9. The Hall–Kier alpha value is -1.43. The lowest BCUT2D eigenvalue weighted by atomic mass is 9.95. The highest BCUT2D eigenvalue weighted by atomic mass is 19.4. The highest BCUT2D eigenvalue weighted by Gasteiger charge is 2.36. The molecule has 0 radical (unpaired) electrons. The number of methoxy groups -OCH3 is 1. The first-order chi connectivity index (χ1) is 8.79. The van der Waals surface area contributed by atoms with E-state index >= 15 is 0 Å². The van der Waals surface area contributed by atoms with Crippen molar-refractivity contribution in [2.75, 3.05) is 13.7 Å². The number of hydrogen-bond acceptors (Lipinski definition) is 2. The summed E-state index contributed by atoms with van der Waals surface area (Å²) >= 11 is 0. The maximum atomic E-state index is 13.7. The standard InChI is InChI=1S/C13H14F4O2/c1-8(6-7-19-2)12(18)9-4-3-5-10(11(9)14)13(15,16)17/h3-5,8H,6-7H2,1-2H3. The molecule has 0 aliphatic heterocycles. The summed E-state index contributed by atoms with van der Waals surface area (Å²) in [7, 11) is 1.45. The van der Waals surface area contributed by atoms with E-state index in [0.717, 1.165) is 12.1 Å². The number of halogens is 4. The van der Waals surface area contributed by atoms with Gasteiger partial charge in [0, 0.05) is 19.6 Å². The SMILES string of the molecule is COCCC(C)C(=O)c1cccc(C(F)(F)F)c1F. The van der Waals surface area contributed by atoms with Crippen molar-refractivity contribution in [2.45, 2.75) is 19.5 Å². The van der Waals surface area contributed by atoms with Crippen LogP contribution in [0.3, 0.4) is 0 Å². The lowest BCUT2D eigenvalue weighted by molar-refractivity contribution is -0.140. The fourth-order valence-electron chi connectivity index (χ4n) is 1.63. The van der Waals surface area contributed by atoms with Crippen LogP contribution in [-0.4, -0.2) is 19.5 Å². The minimum atomic E-state index is -4.81. The van der Waals surface area contributed by atoms with Crippen LogP contribution in [0.25, 0.3) is 0 Å². The third-order valence-electron chi connectivity index (χ3n) is 2.77. The van der Waals surface area contributed by atoms with Gasteiger partial charge in [-0.05, 0) is 18.6 Å². The predicted molar refractivity (Wildman–Crippen MR) is 61.4 cm³/mol. The first kappa shape index (κ1) is 15.6. The van der Waals surface area contributed by atoms with Gasteiger partial charge in [0.1, 0.15) is 5.82 Å². The van der Waals surface area contributed by atoms with Crippen LogP contribution in [0.5, 0.6) is 0 Å². The second kappa shape index (κ2) is 6.14. The summed E-state index contributed by atoms with van der Waals surface area (Å²) in [6, 6.07) is 2.71. The molecule has 1 aromatic carbocycles. The molecule has 1 atom stereocenters. The second-order valence-corrected chi connectivity index (χ2v) is 4.21. The number of carbonyl (C=O) groups is 1. The Labute approximate surface area is 108 Å². The van der Waals surface area contributed by atoms with Crippen LogP contribution in [0.4, 0.5) is 17.6 Å². The van der Waals surface area contributed by atoms with Crippen LogP contribution < -0.4 is 0 Å². The molecular formula is C13H14F4O2.